The van der Waals surface area contributed by atoms with Crippen molar-refractivity contribution in [1.82, 2.24) is 0 Å². The minimum absolute atomic E-state index is 1.19. The average molecular weight is 215 g/mol. The van der Waals surface area contributed by atoms with E-state index in [9.17, 15) is 20.2 Å². The van der Waals surface area contributed by atoms with Gasteiger partial charge in [0, 0.05) is 0 Å². The van der Waals surface area contributed by atoms with Gasteiger partial charge in [0.2, 0.25) is 0 Å². The second kappa shape index (κ2) is 2.88. The maximum atomic E-state index is 9.85. The summed E-state index contributed by atoms with van der Waals surface area (Å²) in [6.45, 7) is -1.19. The zero-order valence-electron chi connectivity index (χ0n) is 4.56. The molecule has 0 saturated heterocycles. The third kappa shape index (κ3) is 1.39. The van der Waals surface area contributed by atoms with E-state index in [0.29, 0.717) is 0 Å². The van der Waals surface area contributed by atoms with Gasteiger partial charge < -0.3 is 5.11 Å². The van der Waals surface area contributed by atoms with Crippen molar-refractivity contribution < 1.29 is 15.0 Å². The van der Waals surface area contributed by atoms with Gasteiger partial charge >= 0.3 is 4.57 Å². The Hall–Kier alpha value is -0.760. The SMILES string of the molecule is O=[N+]([O-])C(Br)(CO)[N+](=O)[O-]. The molecule has 0 radical (unpaired) electrons. The summed E-state index contributed by atoms with van der Waals surface area (Å²) in [4.78, 5) is 17.3. The lowest BCUT2D eigenvalue weighted by atomic mass is 10.6. The summed E-state index contributed by atoms with van der Waals surface area (Å²) in [6.07, 6.45) is 0. The summed E-state index contributed by atoms with van der Waals surface area (Å²) in [5.74, 6) is 0. The average Bonchev–Trinajstić information content (AvgIpc) is 1.85. The first kappa shape index (κ1) is 9.24. The largest absolute Gasteiger partial charge is 0.533 e. The molecule has 0 aliphatic carbocycles. The van der Waals surface area contributed by atoms with Gasteiger partial charge in [-0.1, -0.05) is 0 Å². The summed E-state index contributed by atoms with van der Waals surface area (Å²) >= 11 is 2.16. The molecular weight excluding hydrogens is 212 g/mol. The first-order valence-corrected chi connectivity index (χ1v) is 2.83. The molecule has 0 aromatic heterocycles. The van der Waals surface area contributed by atoms with E-state index in [1.165, 1.54) is 0 Å². The van der Waals surface area contributed by atoms with E-state index in [1.54, 1.807) is 0 Å². The molecule has 0 aliphatic rings. The highest BCUT2D eigenvalue weighted by Gasteiger charge is 2.52. The molecule has 0 aromatic carbocycles. The number of hydrogen-bond donors (Lipinski definition) is 1. The molecule has 7 nitrogen and oxygen atoms in total. The Kier molecular flexibility index (Phi) is 2.66. The van der Waals surface area contributed by atoms with E-state index in [0.717, 1.165) is 0 Å². The van der Waals surface area contributed by atoms with Gasteiger partial charge in [0.05, 0.1) is 15.9 Å². The van der Waals surface area contributed by atoms with Crippen LogP contribution >= 0.6 is 15.9 Å². The third-order valence-corrected chi connectivity index (χ3v) is 1.59. The minimum atomic E-state index is -2.65. The summed E-state index contributed by atoms with van der Waals surface area (Å²) in [6, 6.07) is 0. The smallest absolute Gasteiger partial charge is 0.381 e. The van der Waals surface area contributed by atoms with Crippen LogP contribution in [0.15, 0.2) is 0 Å². The van der Waals surface area contributed by atoms with Crippen molar-refractivity contribution in [3.8, 4) is 0 Å². The summed E-state index contributed by atoms with van der Waals surface area (Å²) in [5.41, 5.74) is 0. The van der Waals surface area contributed by atoms with Crippen LogP contribution in [0.1, 0.15) is 0 Å². The van der Waals surface area contributed by atoms with Gasteiger partial charge in [-0.15, -0.1) is 0 Å². The number of halogens is 1. The monoisotopic (exact) mass is 214 g/mol. The molecule has 10 heavy (non-hydrogen) atoms. The van der Waals surface area contributed by atoms with E-state index in [2.05, 4.69) is 15.9 Å². The molecule has 0 amide bonds. The topological polar surface area (TPSA) is 107 Å². The first-order valence-electron chi connectivity index (χ1n) is 2.04. The van der Waals surface area contributed by atoms with Crippen molar-refractivity contribution >= 4 is 15.9 Å². The highest BCUT2D eigenvalue weighted by molar-refractivity contribution is 9.09. The van der Waals surface area contributed by atoms with Gasteiger partial charge in [-0.3, -0.25) is 20.2 Å². The van der Waals surface area contributed by atoms with Crippen LogP contribution in [0, 0.1) is 20.2 Å². The van der Waals surface area contributed by atoms with Crippen LogP contribution in [-0.2, 0) is 0 Å². The third-order valence-electron chi connectivity index (χ3n) is 0.761. The molecular formula is C2H3BrN2O5. The second-order valence-electron chi connectivity index (χ2n) is 1.39. The molecule has 0 unspecified atom stereocenters. The Morgan fingerprint density at radius 3 is 1.70 bits per heavy atom. The van der Waals surface area contributed by atoms with Crippen molar-refractivity contribution in [3.05, 3.63) is 20.2 Å². The predicted octanol–water partition coefficient (Wildman–Crippen LogP) is -0.419. The summed E-state index contributed by atoms with van der Waals surface area (Å²) in [5, 5.41) is 27.9. The highest BCUT2D eigenvalue weighted by Crippen LogP contribution is 2.17. The Morgan fingerprint density at radius 1 is 1.40 bits per heavy atom. The maximum Gasteiger partial charge on any atom is 0.533 e. The summed E-state index contributed by atoms with van der Waals surface area (Å²) in [7, 11) is 0. The molecule has 8 heteroatoms. The molecule has 0 aliphatic heterocycles. The fourth-order valence-corrected chi connectivity index (χ4v) is 0.182. The van der Waals surface area contributed by atoms with Crippen molar-refractivity contribution in [2.75, 3.05) is 6.61 Å². The zero-order valence-corrected chi connectivity index (χ0v) is 6.15. The zero-order chi connectivity index (χ0) is 8.36. The number of nitrogens with zero attached hydrogens (tertiary/aromatic N) is 2. The van der Waals surface area contributed by atoms with Gasteiger partial charge in [0.1, 0.15) is 9.85 Å². The number of aliphatic hydroxyl groups excluding tert-OH is 1. The van der Waals surface area contributed by atoms with Gasteiger partial charge in [0.15, 0.2) is 6.61 Å². The van der Waals surface area contributed by atoms with Crippen molar-refractivity contribution in [3.63, 3.8) is 0 Å². The lowest BCUT2D eigenvalue weighted by Gasteiger charge is -2.05. The molecule has 0 saturated carbocycles. The standard InChI is InChI=1S/C2H3BrN2O5/c3-2(1-6,4(7)8)5(9)10/h6H,1H2. The van der Waals surface area contributed by atoms with Crippen LogP contribution in [0.5, 0.6) is 0 Å². The molecule has 0 heterocycles. The summed E-state index contributed by atoms with van der Waals surface area (Å²) < 4.78 is -2.65. The van der Waals surface area contributed by atoms with E-state index in [-0.39, 0.29) is 0 Å². The Balaban J connectivity index is 4.55. The molecule has 0 atom stereocenters. The van der Waals surface area contributed by atoms with Crippen LogP contribution in [0.3, 0.4) is 0 Å². The molecule has 0 rings (SSSR count). The number of hydrogen-bond acceptors (Lipinski definition) is 5. The van der Waals surface area contributed by atoms with Crippen molar-refractivity contribution in [2.24, 2.45) is 0 Å². The fraction of sp³-hybridized carbons (Fsp3) is 1.00. The second-order valence-corrected chi connectivity index (χ2v) is 2.66. The molecule has 1 N–H and O–H groups in total. The van der Waals surface area contributed by atoms with Crippen LogP contribution in [0.25, 0.3) is 0 Å². The lowest BCUT2D eigenvalue weighted by Crippen LogP contribution is -2.43. The van der Waals surface area contributed by atoms with E-state index >= 15 is 0 Å². The van der Waals surface area contributed by atoms with Crippen molar-refractivity contribution in [1.29, 1.82) is 0 Å². The molecule has 0 bridgehead atoms. The Bertz CT molecular complexity index is 155. The van der Waals surface area contributed by atoms with Gasteiger partial charge in [-0.05, 0) is 0 Å². The predicted molar refractivity (Wildman–Crippen MR) is 32.7 cm³/mol. The van der Waals surface area contributed by atoms with E-state index < -0.39 is 21.0 Å². The Labute approximate surface area is 63.1 Å². The molecule has 0 aromatic rings. The van der Waals surface area contributed by atoms with Gasteiger partial charge in [0.25, 0.3) is 0 Å². The minimum Gasteiger partial charge on any atom is -0.381 e. The molecule has 0 spiro atoms. The van der Waals surface area contributed by atoms with Crippen LogP contribution in [0.2, 0.25) is 0 Å². The normalized spacial score (nSPS) is 11.0. The lowest BCUT2D eigenvalue weighted by molar-refractivity contribution is -0.760. The number of aliphatic hydroxyl groups is 1. The van der Waals surface area contributed by atoms with E-state index in [4.69, 9.17) is 5.11 Å². The van der Waals surface area contributed by atoms with E-state index in [1.807, 2.05) is 0 Å². The van der Waals surface area contributed by atoms with Crippen LogP contribution in [-0.4, -0.2) is 26.1 Å². The van der Waals surface area contributed by atoms with Gasteiger partial charge in [-0.25, -0.2) is 0 Å². The highest BCUT2D eigenvalue weighted by atomic mass is 79.9. The van der Waals surface area contributed by atoms with Crippen molar-refractivity contribution in [2.45, 2.75) is 4.57 Å². The Morgan fingerprint density at radius 2 is 1.70 bits per heavy atom. The molecule has 0 fully saturated rings. The molecule has 58 valence electrons. The number of rotatable bonds is 3. The number of nitro groups is 2. The quantitative estimate of drug-likeness (QED) is 0.226. The fourth-order valence-electron chi connectivity index (χ4n) is 0.182. The number of alkyl halides is 1. The maximum absolute atomic E-state index is 9.85. The first-order chi connectivity index (χ1) is 4.45. The van der Waals surface area contributed by atoms with Crippen LogP contribution in [0.4, 0.5) is 0 Å². The van der Waals surface area contributed by atoms with Gasteiger partial charge in [-0.2, -0.15) is 0 Å². The van der Waals surface area contributed by atoms with Crippen LogP contribution < -0.4 is 0 Å².